The minimum atomic E-state index is -0.485. The molecule has 0 amide bonds. The van der Waals surface area contributed by atoms with Crippen LogP contribution in [0.1, 0.15) is 12.5 Å². The van der Waals surface area contributed by atoms with Gasteiger partial charge >= 0.3 is 0 Å². The minimum absolute atomic E-state index is 0.0508. The smallest absolute Gasteiger partial charge is 0.273 e. The quantitative estimate of drug-likeness (QED) is 0.465. The van der Waals surface area contributed by atoms with Crippen molar-refractivity contribution in [3.05, 3.63) is 58.1 Å². The number of non-ortho nitro benzene ring substituents is 1. The molecule has 0 spiro atoms. The molecule has 0 radical (unpaired) electrons. The minimum Gasteiger partial charge on any atom is -0.456 e. The molecule has 0 fully saturated rings. The fraction of sp³-hybridized carbons (Fsp3) is 0.133. The first-order chi connectivity index (χ1) is 10.2. The van der Waals surface area contributed by atoms with Crippen molar-refractivity contribution < 1.29 is 9.66 Å². The molecule has 2 aromatic rings. The Morgan fingerprint density at radius 3 is 2.76 bits per heavy atom. The van der Waals surface area contributed by atoms with E-state index < -0.39 is 4.92 Å². The molecule has 21 heavy (non-hydrogen) atoms. The number of hydrogen-bond acceptors (Lipinski definition) is 5. The van der Waals surface area contributed by atoms with E-state index in [1.54, 1.807) is 36.0 Å². The second kappa shape index (κ2) is 6.77. The van der Waals surface area contributed by atoms with Crippen LogP contribution in [0, 0.1) is 21.4 Å². The van der Waals surface area contributed by atoms with Gasteiger partial charge < -0.3 is 4.74 Å². The summed E-state index contributed by atoms with van der Waals surface area (Å²) >= 11 is 1.55. The Labute approximate surface area is 126 Å². The molecule has 2 rings (SSSR count). The van der Waals surface area contributed by atoms with Gasteiger partial charge in [0.2, 0.25) is 0 Å². The predicted molar refractivity (Wildman–Crippen MR) is 80.7 cm³/mol. The van der Waals surface area contributed by atoms with Gasteiger partial charge in [-0.25, -0.2) is 0 Å². The third-order valence-electron chi connectivity index (χ3n) is 2.66. The maximum atomic E-state index is 10.8. The molecule has 0 unspecified atom stereocenters. The topological polar surface area (TPSA) is 76.2 Å². The van der Waals surface area contributed by atoms with Gasteiger partial charge in [0.15, 0.2) is 0 Å². The number of hydrogen-bond donors (Lipinski definition) is 0. The largest absolute Gasteiger partial charge is 0.456 e. The van der Waals surface area contributed by atoms with Crippen LogP contribution < -0.4 is 4.74 Å². The number of nitrogens with zero attached hydrogens (tertiary/aromatic N) is 2. The van der Waals surface area contributed by atoms with Crippen LogP contribution in [0.5, 0.6) is 11.5 Å². The van der Waals surface area contributed by atoms with Gasteiger partial charge in [-0.3, -0.25) is 10.1 Å². The van der Waals surface area contributed by atoms with Crippen molar-refractivity contribution in [1.29, 1.82) is 5.26 Å². The van der Waals surface area contributed by atoms with Crippen LogP contribution in [0.3, 0.4) is 0 Å². The predicted octanol–water partition coefficient (Wildman–Crippen LogP) is 4.37. The van der Waals surface area contributed by atoms with Gasteiger partial charge in [0.1, 0.15) is 23.1 Å². The van der Waals surface area contributed by atoms with E-state index in [1.807, 2.05) is 13.0 Å². The lowest BCUT2D eigenvalue weighted by Crippen LogP contribution is -1.92. The van der Waals surface area contributed by atoms with E-state index >= 15 is 0 Å². The Bertz CT molecular complexity index is 710. The number of ether oxygens (including phenoxy) is 1. The molecule has 0 aliphatic rings. The lowest BCUT2D eigenvalue weighted by molar-refractivity contribution is -0.384. The second-order valence-corrected chi connectivity index (χ2v) is 5.34. The van der Waals surface area contributed by atoms with Crippen molar-refractivity contribution in [2.24, 2.45) is 0 Å². The van der Waals surface area contributed by atoms with Gasteiger partial charge in [0, 0.05) is 11.0 Å². The summed E-state index contributed by atoms with van der Waals surface area (Å²) in [4.78, 5) is 11.1. The van der Waals surface area contributed by atoms with Crippen LogP contribution in [0.4, 0.5) is 5.69 Å². The van der Waals surface area contributed by atoms with Gasteiger partial charge in [-0.05, 0) is 24.0 Å². The van der Waals surface area contributed by atoms with E-state index in [-0.39, 0.29) is 5.69 Å². The number of rotatable bonds is 5. The van der Waals surface area contributed by atoms with Gasteiger partial charge in [-0.15, -0.1) is 11.8 Å². The number of nitro benzene ring substituents is 1. The van der Waals surface area contributed by atoms with Gasteiger partial charge in [-0.2, -0.15) is 5.26 Å². The van der Waals surface area contributed by atoms with Gasteiger partial charge in [-0.1, -0.05) is 19.1 Å². The summed E-state index contributed by atoms with van der Waals surface area (Å²) in [6.07, 6.45) is 0. The second-order valence-electron chi connectivity index (χ2n) is 4.03. The van der Waals surface area contributed by atoms with Crippen LogP contribution in [0.2, 0.25) is 0 Å². The summed E-state index contributed by atoms with van der Waals surface area (Å²) in [6, 6.07) is 13.3. The summed E-state index contributed by atoms with van der Waals surface area (Å²) in [7, 11) is 0. The van der Waals surface area contributed by atoms with E-state index in [1.165, 1.54) is 12.1 Å². The zero-order valence-corrected chi connectivity index (χ0v) is 12.1. The van der Waals surface area contributed by atoms with E-state index in [2.05, 4.69) is 6.07 Å². The average Bonchev–Trinajstić information content (AvgIpc) is 2.48. The first-order valence-electron chi connectivity index (χ1n) is 6.24. The number of benzene rings is 2. The Hall–Kier alpha value is -2.52. The van der Waals surface area contributed by atoms with Crippen molar-refractivity contribution in [3.63, 3.8) is 0 Å². The lowest BCUT2D eigenvalue weighted by atomic mass is 10.2. The van der Waals surface area contributed by atoms with E-state index in [9.17, 15) is 15.4 Å². The Kier molecular flexibility index (Phi) is 4.80. The van der Waals surface area contributed by atoms with Crippen LogP contribution in [-0.2, 0) is 0 Å². The highest BCUT2D eigenvalue weighted by Crippen LogP contribution is 2.33. The van der Waals surface area contributed by atoms with Crippen LogP contribution in [-0.4, -0.2) is 10.7 Å². The molecule has 0 aliphatic heterocycles. The SMILES string of the molecule is CCSc1cccc(Oc2cccc([N+](=O)[O-])c2)c1C#N. The van der Waals surface area contributed by atoms with Crippen molar-refractivity contribution in [1.82, 2.24) is 0 Å². The highest BCUT2D eigenvalue weighted by molar-refractivity contribution is 7.99. The molecule has 0 N–H and O–H groups in total. The molecule has 106 valence electrons. The van der Waals surface area contributed by atoms with Gasteiger partial charge in [0.25, 0.3) is 5.69 Å². The van der Waals surface area contributed by atoms with E-state index in [0.717, 1.165) is 10.6 Å². The molecule has 6 heteroatoms. The highest BCUT2D eigenvalue weighted by atomic mass is 32.2. The van der Waals surface area contributed by atoms with Crippen LogP contribution in [0.25, 0.3) is 0 Å². The third-order valence-corrected chi connectivity index (χ3v) is 3.60. The Morgan fingerprint density at radius 1 is 1.33 bits per heavy atom. The van der Waals surface area contributed by atoms with Crippen molar-refractivity contribution in [2.45, 2.75) is 11.8 Å². The number of nitriles is 1. The third kappa shape index (κ3) is 3.52. The molecule has 0 heterocycles. The van der Waals surface area contributed by atoms with Gasteiger partial charge in [0.05, 0.1) is 11.0 Å². The van der Waals surface area contributed by atoms with Crippen molar-refractivity contribution >= 4 is 17.4 Å². The zero-order chi connectivity index (χ0) is 15.2. The van der Waals surface area contributed by atoms with Crippen LogP contribution >= 0.6 is 11.8 Å². The molecular formula is C15H12N2O3S. The summed E-state index contributed by atoms with van der Waals surface area (Å²) < 4.78 is 5.64. The molecule has 0 bridgehead atoms. The molecule has 0 atom stereocenters. The standard InChI is InChI=1S/C15H12N2O3S/c1-2-21-15-8-4-7-14(13(15)10-16)20-12-6-3-5-11(9-12)17(18)19/h3-9H,2H2,1H3. The molecule has 0 saturated carbocycles. The average molecular weight is 300 g/mol. The Balaban J connectivity index is 2.36. The lowest BCUT2D eigenvalue weighted by Gasteiger charge is -2.10. The molecule has 0 aliphatic carbocycles. The van der Waals surface area contributed by atoms with Crippen molar-refractivity contribution in [3.8, 4) is 17.6 Å². The summed E-state index contributed by atoms with van der Waals surface area (Å²) in [5, 5.41) is 20.1. The van der Waals surface area contributed by atoms with E-state index in [4.69, 9.17) is 4.74 Å². The molecule has 0 saturated heterocycles. The van der Waals surface area contributed by atoms with Crippen LogP contribution in [0.15, 0.2) is 47.4 Å². The monoisotopic (exact) mass is 300 g/mol. The fourth-order valence-corrected chi connectivity index (χ4v) is 2.55. The normalized spacial score (nSPS) is 9.90. The number of thioether (sulfide) groups is 1. The zero-order valence-electron chi connectivity index (χ0n) is 11.3. The van der Waals surface area contributed by atoms with E-state index in [0.29, 0.717) is 17.1 Å². The summed E-state index contributed by atoms with van der Waals surface area (Å²) in [6.45, 7) is 2.00. The molecular weight excluding hydrogens is 288 g/mol. The molecule has 5 nitrogen and oxygen atoms in total. The number of nitro groups is 1. The fourth-order valence-electron chi connectivity index (χ4n) is 1.77. The first-order valence-corrected chi connectivity index (χ1v) is 7.22. The van der Waals surface area contributed by atoms with Crippen molar-refractivity contribution in [2.75, 3.05) is 5.75 Å². The summed E-state index contributed by atoms with van der Waals surface area (Å²) in [5.74, 6) is 1.57. The summed E-state index contributed by atoms with van der Waals surface area (Å²) in [5.41, 5.74) is 0.390. The Morgan fingerprint density at radius 2 is 2.10 bits per heavy atom. The first kappa shape index (κ1) is 14.9. The highest BCUT2D eigenvalue weighted by Gasteiger charge is 2.12. The maximum Gasteiger partial charge on any atom is 0.273 e. The molecule has 0 aromatic heterocycles. The maximum absolute atomic E-state index is 10.8. The molecule has 2 aromatic carbocycles.